The van der Waals surface area contributed by atoms with Crippen LogP contribution in [0, 0.1) is 11.6 Å². The molecular weight excluding hydrogens is 450 g/mol. The number of piperidine rings is 1. The van der Waals surface area contributed by atoms with Crippen LogP contribution in [0.4, 0.5) is 8.78 Å². The number of benzene rings is 2. The topological polar surface area (TPSA) is 23.6 Å². The molecule has 2 saturated heterocycles. The van der Waals surface area contributed by atoms with E-state index in [9.17, 15) is 13.6 Å². The molecule has 2 aliphatic rings. The average molecular weight is 481 g/mol. The first-order valence-electron chi connectivity index (χ1n) is 12.2. The SMILES string of the molecule is O=C(C(=CN1CCCC1)CCN1CCC(c2csc3cc(F)ccc23)CC1)c1ccc(F)cc1. The third-order valence-corrected chi connectivity index (χ3v) is 8.13. The fraction of sp³-hybridized carbons (Fsp3) is 0.393. The largest absolute Gasteiger partial charge is 0.377 e. The van der Waals surface area contributed by atoms with Gasteiger partial charge in [-0.05, 0) is 104 Å². The Labute approximate surface area is 203 Å². The molecule has 2 aromatic carbocycles. The fourth-order valence-electron chi connectivity index (χ4n) is 5.20. The summed E-state index contributed by atoms with van der Waals surface area (Å²) < 4.78 is 27.9. The van der Waals surface area contributed by atoms with Crippen molar-refractivity contribution >= 4 is 27.2 Å². The number of hydrogen-bond acceptors (Lipinski definition) is 4. The fourth-order valence-corrected chi connectivity index (χ4v) is 6.27. The highest BCUT2D eigenvalue weighted by molar-refractivity contribution is 7.17. The van der Waals surface area contributed by atoms with Crippen molar-refractivity contribution in [1.82, 2.24) is 9.80 Å². The van der Waals surface area contributed by atoms with Crippen molar-refractivity contribution in [2.75, 3.05) is 32.7 Å². The number of Topliss-reactive ketones (excluding diaryl/α,β-unsaturated/α-hetero) is 1. The summed E-state index contributed by atoms with van der Waals surface area (Å²) in [5.41, 5.74) is 2.70. The molecule has 3 aromatic rings. The molecule has 0 atom stereocenters. The van der Waals surface area contributed by atoms with Gasteiger partial charge in [0.2, 0.25) is 0 Å². The first-order valence-corrected chi connectivity index (χ1v) is 13.1. The van der Waals surface area contributed by atoms with Gasteiger partial charge in [-0.2, -0.15) is 0 Å². The minimum Gasteiger partial charge on any atom is -0.377 e. The van der Waals surface area contributed by atoms with E-state index >= 15 is 0 Å². The molecule has 3 heterocycles. The summed E-state index contributed by atoms with van der Waals surface area (Å²) in [6.07, 6.45) is 7.19. The molecule has 2 aliphatic heterocycles. The van der Waals surface area contributed by atoms with Crippen molar-refractivity contribution < 1.29 is 13.6 Å². The minimum absolute atomic E-state index is 0.00115. The smallest absolute Gasteiger partial charge is 0.190 e. The summed E-state index contributed by atoms with van der Waals surface area (Å²) in [4.78, 5) is 17.9. The van der Waals surface area contributed by atoms with Gasteiger partial charge in [0.1, 0.15) is 11.6 Å². The highest BCUT2D eigenvalue weighted by Gasteiger charge is 2.24. The van der Waals surface area contributed by atoms with Gasteiger partial charge in [-0.15, -0.1) is 11.3 Å². The van der Waals surface area contributed by atoms with Crippen LogP contribution in [0.1, 0.15) is 53.9 Å². The third kappa shape index (κ3) is 5.23. The number of ketones is 1. The summed E-state index contributed by atoms with van der Waals surface area (Å²) in [7, 11) is 0. The van der Waals surface area contributed by atoms with E-state index in [4.69, 9.17) is 0 Å². The third-order valence-electron chi connectivity index (χ3n) is 7.17. The highest BCUT2D eigenvalue weighted by Crippen LogP contribution is 2.37. The molecule has 0 saturated carbocycles. The zero-order valence-corrected chi connectivity index (χ0v) is 20.1. The van der Waals surface area contributed by atoms with Gasteiger partial charge in [-0.25, -0.2) is 8.78 Å². The van der Waals surface area contributed by atoms with E-state index in [0.29, 0.717) is 17.9 Å². The van der Waals surface area contributed by atoms with Crippen molar-refractivity contribution in [1.29, 1.82) is 0 Å². The zero-order valence-electron chi connectivity index (χ0n) is 19.3. The number of carbonyl (C=O) groups excluding carboxylic acids is 1. The molecule has 0 N–H and O–H groups in total. The van der Waals surface area contributed by atoms with Crippen molar-refractivity contribution in [2.45, 2.75) is 38.0 Å². The lowest BCUT2D eigenvalue weighted by molar-refractivity contribution is 0.102. The molecule has 2 fully saturated rings. The molecule has 0 unspecified atom stereocenters. The Morgan fingerprint density at radius 1 is 0.971 bits per heavy atom. The van der Waals surface area contributed by atoms with Gasteiger partial charge in [0.05, 0.1) is 0 Å². The molecule has 34 heavy (non-hydrogen) atoms. The van der Waals surface area contributed by atoms with Gasteiger partial charge in [-0.3, -0.25) is 4.79 Å². The van der Waals surface area contributed by atoms with Gasteiger partial charge in [-0.1, -0.05) is 6.07 Å². The van der Waals surface area contributed by atoms with Gasteiger partial charge in [0, 0.05) is 41.7 Å². The number of hydrogen-bond donors (Lipinski definition) is 0. The second kappa shape index (κ2) is 10.4. The monoisotopic (exact) mass is 480 g/mol. The molecule has 3 nitrogen and oxygen atoms in total. The number of thiophene rings is 1. The van der Waals surface area contributed by atoms with E-state index < -0.39 is 0 Å². The van der Waals surface area contributed by atoms with Gasteiger partial charge in [0.15, 0.2) is 5.78 Å². The Balaban J connectivity index is 1.22. The van der Waals surface area contributed by atoms with E-state index in [0.717, 1.165) is 68.7 Å². The number of rotatable bonds is 7. The molecule has 6 heteroatoms. The van der Waals surface area contributed by atoms with Crippen molar-refractivity contribution in [3.8, 4) is 0 Å². The number of fused-ring (bicyclic) bond motifs is 1. The van der Waals surface area contributed by atoms with E-state index in [1.165, 1.54) is 23.1 Å². The first-order chi connectivity index (χ1) is 16.6. The lowest BCUT2D eigenvalue weighted by Crippen LogP contribution is -2.34. The Morgan fingerprint density at radius 2 is 1.68 bits per heavy atom. The van der Waals surface area contributed by atoms with E-state index in [-0.39, 0.29) is 17.4 Å². The van der Waals surface area contributed by atoms with E-state index in [2.05, 4.69) is 15.2 Å². The minimum atomic E-state index is -0.326. The maximum absolute atomic E-state index is 13.6. The van der Waals surface area contributed by atoms with Crippen LogP contribution >= 0.6 is 11.3 Å². The lowest BCUT2D eigenvalue weighted by atomic mass is 9.89. The van der Waals surface area contributed by atoms with Crippen LogP contribution in [0.3, 0.4) is 0 Å². The summed E-state index contributed by atoms with van der Waals surface area (Å²) in [5, 5.41) is 3.38. The molecule has 1 aromatic heterocycles. The van der Waals surface area contributed by atoms with Gasteiger partial charge in [0.25, 0.3) is 0 Å². The summed E-state index contributed by atoms with van der Waals surface area (Å²) in [6.45, 7) is 4.80. The number of likely N-dealkylation sites (tertiary alicyclic amines) is 2. The highest BCUT2D eigenvalue weighted by atomic mass is 32.1. The molecule has 5 rings (SSSR count). The van der Waals surface area contributed by atoms with Crippen molar-refractivity contribution in [3.63, 3.8) is 0 Å². The molecule has 0 bridgehead atoms. The standard InChI is InChI=1S/C28H30F2N2OS/c29-23-5-3-21(4-6-23)28(33)22(18-32-12-1-2-13-32)11-16-31-14-9-20(10-15-31)26-19-34-27-17-24(30)7-8-25(26)27/h3-8,17-20H,1-2,9-16H2. The summed E-state index contributed by atoms with van der Waals surface area (Å²) in [5.74, 6) is -0.00796. The second-order valence-corrected chi connectivity index (χ2v) is 10.3. The van der Waals surface area contributed by atoms with Crippen molar-refractivity contribution in [3.05, 3.63) is 82.4 Å². The Hall–Kier alpha value is -2.57. The van der Waals surface area contributed by atoms with Gasteiger partial charge < -0.3 is 9.80 Å². The second-order valence-electron chi connectivity index (χ2n) is 9.43. The normalized spacial score (nSPS) is 18.2. The van der Waals surface area contributed by atoms with E-state index in [1.807, 2.05) is 12.3 Å². The van der Waals surface area contributed by atoms with Gasteiger partial charge >= 0.3 is 0 Å². The molecule has 0 radical (unpaired) electrons. The predicted molar refractivity (Wildman–Crippen MR) is 134 cm³/mol. The number of nitrogens with zero attached hydrogens (tertiary/aromatic N) is 2. The predicted octanol–water partition coefficient (Wildman–Crippen LogP) is 6.61. The van der Waals surface area contributed by atoms with Crippen molar-refractivity contribution in [2.24, 2.45) is 0 Å². The number of halogens is 2. The average Bonchev–Trinajstić information content (AvgIpc) is 3.52. The van der Waals surface area contributed by atoms with Crippen LogP contribution in [-0.2, 0) is 0 Å². The van der Waals surface area contributed by atoms with Crippen LogP contribution in [0.2, 0.25) is 0 Å². The Morgan fingerprint density at radius 3 is 2.41 bits per heavy atom. The molecule has 0 spiro atoms. The maximum Gasteiger partial charge on any atom is 0.190 e. The molecular formula is C28H30F2N2OS. The van der Waals surface area contributed by atoms with E-state index in [1.54, 1.807) is 35.6 Å². The zero-order chi connectivity index (χ0) is 23.5. The molecule has 0 amide bonds. The Bertz CT molecular complexity index is 1170. The van der Waals surface area contributed by atoms with Crippen LogP contribution < -0.4 is 0 Å². The van der Waals surface area contributed by atoms with Crippen LogP contribution in [0.5, 0.6) is 0 Å². The summed E-state index contributed by atoms with van der Waals surface area (Å²) in [6, 6.07) is 11.0. The Kier molecular flexibility index (Phi) is 7.07. The summed E-state index contributed by atoms with van der Waals surface area (Å²) >= 11 is 1.63. The lowest BCUT2D eigenvalue weighted by Gasteiger charge is -2.32. The molecule has 178 valence electrons. The quantitative estimate of drug-likeness (QED) is 0.281. The first kappa shape index (κ1) is 23.2. The molecule has 0 aliphatic carbocycles. The number of carbonyl (C=O) groups is 1. The van der Waals surface area contributed by atoms with Crippen LogP contribution in [0.15, 0.2) is 59.6 Å². The van der Waals surface area contributed by atoms with Crippen LogP contribution in [0.25, 0.3) is 10.1 Å². The van der Waals surface area contributed by atoms with Crippen LogP contribution in [-0.4, -0.2) is 48.3 Å². The maximum atomic E-state index is 13.6.